The molecule has 1 amide bonds. The summed E-state index contributed by atoms with van der Waals surface area (Å²) in [6.45, 7) is 2.91. The monoisotopic (exact) mass is 316 g/mol. The summed E-state index contributed by atoms with van der Waals surface area (Å²) in [4.78, 5) is 24.4. The number of hydrogen-bond donors (Lipinski definition) is 2. The van der Waals surface area contributed by atoms with Gasteiger partial charge in [0.25, 0.3) is 0 Å². The Morgan fingerprint density at radius 1 is 1.35 bits per heavy atom. The van der Waals surface area contributed by atoms with Crippen molar-refractivity contribution in [2.75, 3.05) is 30.7 Å². The van der Waals surface area contributed by atoms with Crippen molar-refractivity contribution in [3.8, 4) is 0 Å². The van der Waals surface area contributed by atoms with E-state index in [0.717, 1.165) is 31.4 Å². The van der Waals surface area contributed by atoms with Crippen LogP contribution in [0.1, 0.15) is 19.3 Å². The van der Waals surface area contributed by atoms with E-state index in [0.29, 0.717) is 15.9 Å². The number of nitrogens with zero attached hydrogens (tertiary/aromatic N) is 3. The Balaban J connectivity index is 1.71. The van der Waals surface area contributed by atoms with Crippen LogP contribution in [0.3, 0.4) is 0 Å². The first-order valence-electron chi connectivity index (χ1n) is 6.34. The molecule has 1 aromatic heterocycles. The van der Waals surface area contributed by atoms with Gasteiger partial charge in [-0.2, -0.15) is 0 Å². The molecule has 20 heavy (non-hydrogen) atoms. The quantitative estimate of drug-likeness (QED) is 0.575. The Hall–Kier alpha value is -1.19. The average Bonchev–Trinajstić information content (AvgIpc) is 3.05. The number of aliphatic carboxylic acids is 1. The normalized spacial score (nSPS) is 15.4. The number of nitrogens with one attached hydrogen (secondary N) is 1. The minimum atomic E-state index is -0.901. The van der Waals surface area contributed by atoms with E-state index in [2.05, 4.69) is 20.4 Å². The molecular weight excluding hydrogens is 300 g/mol. The van der Waals surface area contributed by atoms with E-state index in [1.54, 1.807) is 0 Å². The molecule has 0 atom stereocenters. The molecule has 1 aliphatic heterocycles. The van der Waals surface area contributed by atoms with E-state index in [-0.39, 0.29) is 11.7 Å². The van der Waals surface area contributed by atoms with Gasteiger partial charge in [0.2, 0.25) is 11.0 Å². The second kappa shape index (κ2) is 7.55. The molecule has 9 heteroatoms. The summed E-state index contributed by atoms with van der Waals surface area (Å²) in [6, 6.07) is 0. The zero-order chi connectivity index (χ0) is 14.4. The standard InChI is InChI=1S/C11H16N4O3S2/c16-8(3-6-15-4-1-2-5-15)12-10-13-14-11(20-10)19-7-9(17)18/h1-7H2,(H,17,18)(H,12,13,16). The second-order valence-corrected chi connectivity index (χ2v) is 6.60. The molecule has 1 fully saturated rings. The maximum Gasteiger partial charge on any atom is 0.313 e. The van der Waals surface area contributed by atoms with E-state index >= 15 is 0 Å². The smallest absolute Gasteiger partial charge is 0.313 e. The van der Waals surface area contributed by atoms with Gasteiger partial charge in [-0.3, -0.25) is 9.59 Å². The number of likely N-dealkylation sites (tertiary alicyclic amines) is 1. The van der Waals surface area contributed by atoms with Gasteiger partial charge in [0.15, 0.2) is 4.34 Å². The number of carbonyl (C=O) groups is 2. The van der Waals surface area contributed by atoms with Gasteiger partial charge in [-0.05, 0) is 25.9 Å². The number of thioether (sulfide) groups is 1. The maximum atomic E-state index is 11.7. The van der Waals surface area contributed by atoms with E-state index in [4.69, 9.17) is 5.11 Å². The Morgan fingerprint density at radius 3 is 2.80 bits per heavy atom. The van der Waals surface area contributed by atoms with Gasteiger partial charge in [-0.25, -0.2) is 0 Å². The minimum Gasteiger partial charge on any atom is -0.481 e. The topological polar surface area (TPSA) is 95.4 Å². The molecule has 0 bridgehead atoms. The Bertz CT molecular complexity index is 474. The summed E-state index contributed by atoms with van der Waals surface area (Å²) in [6.07, 6.45) is 2.86. The maximum absolute atomic E-state index is 11.7. The van der Waals surface area contributed by atoms with Crippen LogP contribution in [-0.2, 0) is 9.59 Å². The third kappa shape index (κ3) is 5.06. The highest BCUT2D eigenvalue weighted by Gasteiger charge is 2.14. The van der Waals surface area contributed by atoms with Crippen LogP contribution in [0, 0.1) is 0 Å². The van der Waals surface area contributed by atoms with Crippen molar-refractivity contribution in [2.45, 2.75) is 23.6 Å². The first-order chi connectivity index (χ1) is 9.63. The molecular formula is C11H16N4O3S2. The molecule has 0 saturated carbocycles. The lowest BCUT2D eigenvalue weighted by molar-refractivity contribution is -0.133. The highest BCUT2D eigenvalue weighted by Crippen LogP contribution is 2.25. The lowest BCUT2D eigenvalue weighted by Gasteiger charge is -2.13. The molecule has 0 spiro atoms. The highest BCUT2D eigenvalue weighted by molar-refractivity contribution is 8.01. The molecule has 110 valence electrons. The van der Waals surface area contributed by atoms with Gasteiger partial charge >= 0.3 is 5.97 Å². The van der Waals surface area contributed by atoms with Crippen molar-refractivity contribution in [3.63, 3.8) is 0 Å². The largest absolute Gasteiger partial charge is 0.481 e. The summed E-state index contributed by atoms with van der Waals surface area (Å²) in [5, 5.41) is 19.3. The Morgan fingerprint density at radius 2 is 2.10 bits per heavy atom. The van der Waals surface area contributed by atoms with Crippen molar-refractivity contribution in [3.05, 3.63) is 0 Å². The fraction of sp³-hybridized carbons (Fsp3) is 0.636. The summed E-state index contributed by atoms with van der Waals surface area (Å²) in [5.74, 6) is -1.04. The van der Waals surface area contributed by atoms with E-state index < -0.39 is 5.97 Å². The van der Waals surface area contributed by atoms with Gasteiger partial charge in [-0.15, -0.1) is 10.2 Å². The number of aromatic nitrogens is 2. The summed E-state index contributed by atoms with van der Waals surface area (Å²) < 4.78 is 0.544. The summed E-state index contributed by atoms with van der Waals surface area (Å²) >= 11 is 2.29. The van der Waals surface area contributed by atoms with Crippen LogP contribution in [0.15, 0.2) is 4.34 Å². The summed E-state index contributed by atoms with van der Waals surface area (Å²) in [5.41, 5.74) is 0. The van der Waals surface area contributed by atoms with E-state index in [1.807, 2.05) is 0 Å². The van der Waals surface area contributed by atoms with E-state index in [1.165, 1.54) is 24.2 Å². The van der Waals surface area contributed by atoms with Gasteiger partial charge in [0.05, 0.1) is 5.75 Å². The third-order valence-electron chi connectivity index (χ3n) is 2.83. The number of carboxylic acid groups (broad SMARTS) is 1. The van der Waals surface area contributed by atoms with Gasteiger partial charge in [0.1, 0.15) is 0 Å². The molecule has 2 rings (SSSR count). The van der Waals surface area contributed by atoms with Crippen molar-refractivity contribution < 1.29 is 14.7 Å². The average molecular weight is 316 g/mol. The van der Waals surface area contributed by atoms with Crippen molar-refractivity contribution in [1.82, 2.24) is 15.1 Å². The number of rotatable bonds is 7. The van der Waals surface area contributed by atoms with Crippen LogP contribution < -0.4 is 5.32 Å². The SMILES string of the molecule is O=C(O)CSc1nnc(NC(=O)CCN2CCCC2)s1. The third-order valence-corrected chi connectivity index (χ3v) is 4.78. The lowest BCUT2D eigenvalue weighted by Crippen LogP contribution is -2.25. The minimum absolute atomic E-state index is 0.0580. The fourth-order valence-corrected chi connectivity index (χ4v) is 3.38. The predicted octanol–water partition coefficient (Wildman–Crippen LogP) is 1.14. The lowest BCUT2D eigenvalue weighted by atomic mass is 10.4. The van der Waals surface area contributed by atoms with Crippen molar-refractivity contribution >= 4 is 40.1 Å². The molecule has 1 aromatic rings. The molecule has 2 N–H and O–H groups in total. The molecule has 1 aliphatic rings. The first kappa shape index (κ1) is 15.2. The molecule has 2 heterocycles. The van der Waals surface area contributed by atoms with E-state index in [9.17, 15) is 9.59 Å². The predicted molar refractivity (Wildman–Crippen MR) is 77.2 cm³/mol. The Kier molecular flexibility index (Phi) is 5.74. The first-order valence-corrected chi connectivity index (χ1v) is 8.14. The van der Waals surface area contributed by atoms with Crippen LogP contribution in [0.25, 0.3) is 0 Å². The number of carbonyl (C=O) groups excluding carboxylic acids is 1. The van der Waals surface area contributed by atoms with Crippen molar-refractivity contribution in [1.29, 1.82) is 0 Å². The fourth-order valence-electron chi connectivity index (χ4n) is 1.89. The van der Waals surface area contributed by atoms with Crippen LogP contribution in [0.2, 0.25) is 0 Å². The van der Waals surface area contributed by atoms with Gasteiger partial charge in [0, 0.05) is 13.0 Å². The van der Waals surface area contributed by atoms with Crippen molar-refractivity contribution in [2.24, 2.45) is 0 Å². The zero-order valence-electron chi connectivity index (χ0n) is 10.9. The van der Waals surface area contributed by atoms with Gasteiger partial charge < -0.3 is 15.3 Å². The number of amides is 1. The van der Waals surface area contributed by atoms with Crippen LogP contribution in [-0.4, -0.2) is 57.5 Å². The molecule has 7 nitrogen and oxygen atoms in total. The number of hydrogen-bond acceptors (Lipinski definition) is 7. The zero-order valence-corrected chi connectivity index (χ0v) is 12.5. The molecule has 0 aromatic carbocycles. The Labute approximate surface area is 124 Å². The molecule has 0 aliphatic carbocycles. The highest BCUT2D eigenvalue weighted by atomic mass is 32.2. The second-order valence-electron chi connectivity index (χ2n) is 4.40. The molecule has 1 saturated heterocycles. The summed E-state index contributed by atoms with van der Waals surface area (Å²) in [7, 11) is 0. The van der Waals surface area contributed by atoms with Crippen LogP contribution in [0.4, 0.5) is 5.13 Å². The number of anilines is 1. The molecule has 0 radical (unpaired) electrons. The molecule has 0 unspecified atom stereocenters. The van der Waals surface area contributed by atoms with Gasteiger partial charge in [-0.1, -0.05) is 23.1 Å². The number of carboxylic acids is 1. The van der Waals surface area contributed by atoms with Crippen LogP contribution in [0.5, 0.6) is 0 Å². The van der Waals surface area contributed by atoms with Crippen LogP contribution >= 0.6 is 23.1 Å².